The molecule has 0 aliphatic heterocycles. The van der Waals surface area contributed by atoms with E-state index in [1.165, 1.54) is 0 Å². The summed E-state index contributed by atoms with van der Waals surface area (Å²) in [6.07, 6.45) is 0. The Morgan fingerprint density at radius 3 is 2.50 bits per heavy atom. The third kappa shape index (κ3) is 2.69. The van der Waals surface area contributed by atoms with Crippen LogP contribution in [-0.4, -0.2) is 32.3 Å². The molecule has 0 spiro atoms. The Balaban J connectivity index is 2.99. The Bertz CT molecular complexity index is 489. The quantitative estimate of drug-likeness (QED) is 0.522. The van der Waals surface area contributed by atoms with Crippen LogP contribution in [0.3, 0.4) is 0 Å². The highest BCUT2D eigenvalue weighted by Gasteiger charge is 2.22. The lowest BCUT2D eigenvalue weighted by molar-refractivity contribution is -0.138. The number of hydrogen-bond donors (Lipinski definition) is 4. The molecule has 0 radical (unpaired) electrons. The Labute approximate surface area is 89.7 Å². The summed E-state index contributed by atoms with van der Waals surface area (Å²) >= 11 is 0. The number of H-pyrrole nitrogens is 2. The van der Waals surface area contributed by atoms with Gasteiger partial charge in [0.05, 0.1) is 0 Å². The van der Waals surface area contributed by atoms with Crippen molar-refractivity contribution in [2.45, 2.75) is 19.9 Å². The first kappa shape index (κ1) is 12.0. The van der Waals surface area contributed by atoms with Gasteiger partial charge in [0, 0.05) is 0 Å². The van der Waals surface area contributed by atoms with Crippen molar-refractivity contribution in [3.63, 3.8) is 0 Å². The SMILES string of the molecule is CC(C)C(Nc1n[nH]c(=O)[nH]c1=O)C(=O)O. The Morgan fingerprint density at radius 1 is 1.44 bits per heavy atom. The molecule has 88 valence electrons. The van der Waals surface area contributed by atoms with E-state index in [2.05, 4.69) is 10.4 Å². The van der Waals surface area contributed by atoms with Gasteiger partial charge in [-0.3, -0.25) is 9.78 Å². The first-order valence-electron chi connectivity index (χ1n) is 4.60. The molecule has 4 N–H and O–H groups in total. The van der Waals surface area contributed by atoms with Gasteiger partial charge in [0.15, 0.2) is 0 Å². The molecule has 0 aliphatic rings. The van der Waals surface area contributed by atoms with E-state index in [9.17, 15) is 14.4 Å². The molecule has 0 bridgehead atoms. The van der Waals surface area contributed by atoms with Crippen LogP contribution < -0.4 is 16.6 Å². The number of nitrogens with zero attached hydrogens (tertiary/aromatic N) is 1. The van der Waals surface area contributed by atoms with Gasteiger partial charge in [-0.1, -0.05) is 13.8 Å². The van der Waals surface area contributed by atoms with E-state index in [1.807, 2.05) is 10.1 Å². The Kier molecular flexibility index (Phi) is 3.44. The van der Waals surface area contributed by atoms with Gasteiger partial charge in [-0.15, -0.1) is 5.10 Å². The van der Waals surface area contributed by atoms with E-state index < -0.39 is 23.3 Å². The van der Waals surface area contributed by atoms with E-state index in [0.29, 0.717) is 0 Å². The maximum atomic E-state index is 11.2. The predicted octanol–water partition coefficient (Wildman–Crippen LogP) is -1.02. The zero-order valence-electron chi connectivity index (χ0n) is 8.77. The number of aromatic nitrogens is 3. The van der Waals surface area contributed by atoms with Crippen LogP contribution in [0, 0.1) is 5.92 Å². The van der Waals surface area contributed by atoms with E-state index in [-0.39, 0.29) is 11.7 Å². The third-order valence-corrected chi connectivity index (χ3v) is 1.94. The second kappa shape index (κ2) is 4.60. The fourth-order valence-electron chi connectivity index (χ4n) is 1.11. The standard InChI is InChI=1S/C8H12N4O4/c1-3(2)4(7(14)15)9-5-6(13)10-8(16)12-11-5/h3-4H,1-2H3,(H,9,11)(H,14,15)(H2,10,12,13,16). The zero-order valence-corrected chi connectivity index (χ0v) is 8.77. The van der Waals surface area contributed by atoms with Gasteiger partial charge in [0.2, 0.25) is 5.82 Å². The average Bonchev–Trinajstić information content (AvgIpc) is 2.15. The van der Waals surface area contributed by atoms with Crippen molar-refractivity contribution in [1.82, 2.24) is 15.2 Å². The van der Waals surface area contributed by atoms with Crippen LogP contribution in [0.2, 0.25) is 0 Å². The number of anilines is 1. The molecule has 1 heterocycles. The number of aromatic amines is 2. The maximum absolute atomic E-state index is 11.2. The molecule has 0 amide bonds. The minimum Gasteiger partial charge on any atom is -0.480 e. The van der Waals surface area contributed by atoms with Crippen LogP contribution in [0.4, 0.5) is 5.82 Å². The summed E-state index contributed by atoms with van der Waals surface area (Å²) in [5, 5.41) is 16.8. The molecule has 1 aromatic rings. The van der Waals surface area contributed by atoms with Gasteiger partial charge in [0.25, 0.3) is 5.56 Å². The number of hydrogen-bond acceptors (Lipinski definition) is 5. The summed E-state index contributed by atoms with van der Waals surface area (Å²) in [5.41, 5.74) is -1.50. The molecular weight excluding hydrogens is 216 g/mol. The third-order valence-electron chi connectivity index (χ3n) is 1.94. The highest BCUT2D eigenvalue weighted by atomic mass is 16.4. The van der Waals surface area contributed by atoms with E-state index >= 15 is 0 Å². The van der Waals surface area contributed by atoms with Crippen LogP contribution in [0.25, 0.3) is 0 Å². The molecule has 0 fully saturated rings. The van der Waals surface area contributed by atoms with Gasteiger partial charge in [0.1, 0.15) is 6.04 Å². The first-order chi connectivity index (χ1) is 7.41. The summed E-state index contributed by atoms with van der Waals surface area (Å²) in [7, 11) is 0. The van der Waals surface area contributed by atoms with Crippen LogP contribution in [-0.2, 0) is 4.79 Å². The number of carboxylic acid groups (broad SMARTS) is 1. The lowest BCUT2D eigenvalue weighted by atomic mass is 10.1. The van der Waals surface area contributed by atoms with Crippen LogP contribution >= 0.6 is 0 Å². The number of aliphatic carboxylic acids is 1. The first-order valence-corrected chi connectivity index (χ1v) is 4.60. The van der Waals surface area contributed by atoms with Gasteiger partial charge in [-0.25, -0.2) is 14.7 Å². The van der Waals surface area contributed by atoms with Crippen molar-refractivity contribution in [3.8, 4) is 0 Å². The molecule has 8 heteroatoms. The topological polar surface area (TPSA) is 128 Å². The highest BCUT2D eigenvalue weighted by molar-refractivity contribution is 5.77. The molecule has 1 aromatic heterocycles. The van der Waals surface area contributed by atoms with Crippen molar-refractivity contribution < 1.29 is 9.90 Å². The van der Waals surface area contributed by atoms with Crippen molar-refractivity contribution >= 4 is 11.8 Å². The number of carboxylic acids is 1. The number of rotatable bonds is 4. The molecule has 0 saturated heterocycles. The largest absolute Gasteiger partial charge is 0.480 e. The van der Waals surface area contributed by atoms with E-state index in [4.69, 9.17) is 5.11 Å². The van der Waals surface area contributed by atoms with Crippen molar-refractivity contribution in [1.29, 1.82) is 0 Å². The lowest BCUT2D eigenvalue weighted by Crippen LogP contribution is -2.38. The highest BCUT2D eigenvalue weighted by Crippen LogP contribution is 2.06. The summed E-state index contributed by atoms with van der Waals surface area (Å²) in [5.74, 6) is -1.55. The second-order valence-electron chi connectivity index (χ2n) is 3.56. The van der Waals surface area contributed by atoms with Gasteiger partial charge in [-0.2, -0.15) is 0 Å². The Morgan fingerprint density at radius 2 is 2.06 bits per heavy atom. The lowest BCUT2D eigenvalue weighted by Gasteiger charge is -2.17. The minimum absolute atomic E-state index is 0.222. The molecule has 1 unspecified atom stereocenters. The summed E-state index contributed by atoms with van der Waals surface area (Å²) in [6, 6.07) is -0.945. The average molecular weight is 228 g/mol. The minimum atomic E-state index is -1.10. The fourth-order valence-corrected chi connectivity index (χ4v) is 1.11. The number of carbonyl (C=O) groups is 1. The smallest absolute Gasteiger partial charge is 0.342 e. The molecule has 16 heavy (non-hydrogen) atoms. The van der Waals surface area contributed by atoms with E-state index in [0.717, 1.165) is 0 Å². The molecule has 8 nitrogen and oxygen atoms in total. The molecular formula is C8H12N4O4. The normalized spacial score (nSPS) is 12.4. The van der Waals surface area contributed by atoms with Crippen LogP contribution in [0.1, 0.15) is 13.8 Å². The molecule has 0 aromatic carbocycles. The maximum Gasteiger partial charge on any atom is 0.342 e. The monoisotopic (exact) mass is 228 g/mol. The molecule has 1 rings (SSSR count). The fraction of sp³-hybridized carbons (Fsp3) is 0.500. The zero-order chi connectivity index (χ0) is 12.3. The molecule has 1 atom stereocenters. The molecule has 0 aliphatic carbocycles. The van der Waals surface area contributed by atoms with Gasteiger partial charge >= 0.3 is 11.7 Å². The van der Waals surface area contributed by atoms with Crippen LogP contribution in [0.15, 0.2) is 9.59 Å². The van der Waals surface area contributed by atoms with Gasteiger partial charge in [-0.05, 0) is 5.92 Å². The van der Waals surface area contributed by atoms with E-state index in [1.54, 1.807) is 13.8 Å². The van der Waals surface area contributed by atoms with Crippen molar-refractivity contribution in [2.24, 2.45) is 5.92 Å². The van der Waals surface area contributed by atoms with Crippen LogP contribution in [0.5, 0.6) is 0 Å². The van der Waals surface area contributed by atoms with Crippen molar-refractivity contribution in [2.75, 3.05) is 5.32 Å². The summed E-state index contributed by atoms with van der Waals surface area (Å²) in [4.78, 5) is 34.7. The number of nitrogens with one attached hydrogen (secondary N) is 3. The van der Waals surface area contributed by atoms with Crippen molar-refractivity contribution in [3.05, 3.63) is 20.8 Å². The second-order valence-corrected chi connectivity index (χ2v) is 3.56. The Hall–Kier alpha value is -2.12. The predicted molar refractivity (Wildman–Crippen MR) is 55.4 cm³/mol. The molecule has 0 saturated carbocycles. The van der Waals surface area contributed by atoms with Gasteiger partial charge < -0.3 is 10.4 Å². The summed E-state index contributed by atoms with van der Waals surface area (Å²) in [6.45, 7) is 3.37. The summed E-state index contributed by atoms with van der Waals surface area (Å²) < 4.78 is 0.